The number of hydrogen-bond donors (Lipinski definition) is 3. The number of benzene rings is 2. The molecule has 7 nitrogen and oxygen atoms in total. The molecular weight excluding hydrogens is 451 g/mol. The molecule has 0 saturated heterocycles. The van der Waals surface area contributed by atoms with Crippen molar-refractivity contribution in [2.75, 3.05) is 10.2 Å². The lowest BCUT2D eigenvalue weighted by molar-refractivity contribution is -0.117. The molecule has 1 heterocycles. The maximum absolute atomic E-state index is 13.3. The Kier molecular flexibility index (Phi) is 6.42. The average Bonchev–Trinajstić information content (AvgIpc) is 2.75. The molecule has 4 rings (SSSR count). The molecule has 2 aromatic carbocycles. The number of nitrogens with zero attached hydrogens (tertiary/aromatic N) is 1. The van der Waals surface area contributed by atoms with Crippen LogP contribution >= 0.6 is 23.2 Å². The number of nitrogens with two attached hydrogens (primary N) is 1. The lowest BCUT2D eigenvalue weighted by atomic mass is 9.91. The molecule has 0 radical (unpaired) electrons. The van der Waals surface area contributed by atoms with Crippen LogP contribution in [0.1, 0.15) is 53.3 Å². The van der Waals surface area contributed by atoms with Gasteiger partial charge < -0.3 is 16.4 Å². The van der Waals surface area contributed by atoms with Crippen LogP contribution < -0.4 is 21.3 Å². The van der Waals surface area contributed by atoms with E-state index in [0.29, 0.717) is 22.0 Å². The molecule has 1 aliphatic heterocycles. The Hall–Kier alpha value is -2.61. The highest BCUT2D eigenvalue weighted by Crippen LogP contribution is 2.35. The SMILES string of the molecule is CC1C(=O)Nc2cc(C(=O)NC3CCCCC3N)ccc2N1C(=O)c1ccc(Cl)cc1Cl. The van der Waals surface area contributed by atoms with E-state index in [1.807, 2.05) is 0 Å². The second kappa shape index (κ2) is 9.10. The van der Waals surface area contributed by atoms with Gasteiger partial charge in [-0.25, -0.2) is 0 Å². The fourth-order valence-corrected chi connectivity index (χ4v) is 4.71. The Labute approximate surface area is 196 Å². The van der Waals surface area contributed by atoms with Crippen molar-refractivity contribution in [1.29, 1.82) is 0 Å². The lowest BCUT2D eigenvalue weighted by Crippen LogP contribution is -2.50. The lowest BCUT2D eigenvalue weighted by Gasteiger charge is -2.35. The van der Waals surface area contributed by atoms with E-state index in [4.69, 9.17) is 28.9 Å². The van der Waals surface area contributed by atoms with E-state index >= 15 is 0 Å². The molecule has 0 aromatic heterocycles. The highest BCUT2D eigenvalue weighted by Gasteiger charge is 2.35. The van der Waals surface area contributed by atoms with Crippen LogP contribution in [0.25, 0.3) is 0 Å². The number of rotatable bonds is 3. The summed E-state index contributed by atoms with van der Waals surface area (Å²) in [5.74, 6) is -1.05. The van der Waals surface area contributed by atoms with Crippen LogP contribution in [-0.2, 0) is 4.79 Å². The van der Waals surface area contributed by atoms with Crippen LogP contribution in [0, 0.1) is 0 Å². The fourth-order valence-electron chi connectivity index (χ4n) is 4.22. The summed E-state index contributed by atoms with van der Waals surface area (Å²) in [7, 11) is 0. The monoisotopic (exact) mass is 474 g/mol. The number of amides is 3. The third-order valence-electron chi connectivity index (χ3n) is 6.06. The maximum Gasteiger partial charge on any atom is 0.260 e. The summed E-state index contributed by atoms with van der Waals surface area (Å²) >= 11 is 12.2. The van der Waals surface area contributed by atoms with E-state index < -0.39 is 11.9 Å². The summed E-state index contributed by atoms with van der Waals surface area (Å²) in [5, 5.41) is 6.39. The predicted octanol–water partition coefficient (Wildman–Crippen LogP) is 3.98. The predicted molar refractivity (Wildman–Crippen MR) is 126 cm³/mol. The van der Waals surface area contributed by atoms with Crippen molar-refractivity contribution in [3.63, 3.8) is 0 Å². The van der Waals surface area contributed by atoms with Gasteiger partial charge in [-0.15, -0.1) is 0 Å². The van der Waals surface area contributed by atoms with E-state index in [9.17, 15) is 14.4 Å². The van der Waals surface area contributed by atoms with Gasteiger partial charge in [0.05, 0.1) is 22.0 Å². The third kappa shape index (κ3) is 4.33. The highest BCUT2D eigenvalue weighted by molar-refractivity contribution is 6.37. The molecule has 32 heavy (non-hydrogen) atoms. The van der Waals surface area contributed by atoms with Crippen molar-refractivity contribution in [3.8, 4) is 0 Å². The van der Waals surface area contributed by atoms with Crippen LogP contribution in [0.2, 0.25) is 10.0 Å². The molecule has 2 aromatic rings. The number of halogens is 2. The molecule has 168 valence electrons. The molecule has 0 bridgehead atoms. The van der Waals surface area contributed by atoms with Crippen molar-refractivity contribution < 1.29 is 14.4 Å². The van der Waals surface area contributed by atoms with E-state index in [-0.39, 0.29) is 34.5 Å². The average molecular weight is 475 g/mol. The van der Waals surface area contributed by atoms with Gasteiger partial charge in [-0.05, 0) is 56.2 Å². The number of carbonyl (C=O) groups excluding carboxylic acids is 3. The van der Waals surface area contributed by atoms with Gasteiger partial charge in [0.1, 0.15) is 6.04 Å². The summed E-state index contributed by atoms with van der Waals surface area (Å²) in [6.07, 6.45) is 3.82. The minimum Gasteiger partial charge on any atom is -0.348 e. The van der Waals surface area contributed by atoms with Gasteiger partial charge in [-0.3, -0.25) is 19.3 Å². The Balaban J connectivity index is 1.63. The van der Waals surface area contributed by atoms with Crippen LogP contribution in [-0.4, -0.2) is 35.8 Å². The molecule has 1 fully saturated rings. The molecule has 2 aliphatic rings. The first-order chi connectivity index (χ1) is 15.3. The first kappa shape index (κ1) is 22.6. The minimum atomic E-state index is -0.762. The van der Waals surface area contributed by atoms with Crippen LogP contribution in [0.4, 0.5) is 11.4 Å². The topological polar surface area (TPSA) is 105 Å². The fraction of sp³-hybridized carbons (Fsp3) is 0.348. The van der Waals surface area contributed by atoms with Gasteiger partial charge in [0.15, 0.2) is 0 Å². The quantitative estimate of drug-likeness (QED) is 0.625. The molecular formula is C23H24Cl2N4O3. The Morgan fingerprint density at radius 3 is 2.59 bits per heavy atom. The van der Waals surface area contributed by atoms with E-state index in [1.165, 1.54) is 17.0 Å². The van der Waals surface area contributed by atoms with E-state index in [0.717, 1.165) is 25.7 Å². The number of fused-ring (bicyclic) bond motifs is 1. The van der Waals surface area contributed by atoms with Gasteiger partial charge in [-0.1, -0.05) is 36.0 Å². The Morgan fingerprint density at radius 1 is 1.12 bits per heavy atom. The summed E-state index contributed by atoms with van der Waals surface area (Å²) in [4.78, 5) is 40.1. The van der Waals surface area contributed by atoms with Gasteiger partial charge in [0.2, 0.25) is 5.91 Å². The largest absolute Gasteiger partial charge is 0.348 e. The normalized spacial score (nSPS) is 22.7. The minimum absolute atomic E-state index is 0.0666. The van der Waals surface area contributed by atoms with Crippen LogP contribution in [0.15, 0.2) is 36.4 Å². The summed E-state index contributed by atoms with van der Waals surface area (Å²) in [6.45, 7) is 1.63. The van der Waals surface area contributed by atoms with Crippen molar-refractivity contribution in [2.24, 2.45) is 5.73 Å². The maximum atomic E-state index is 13.3. The second-order valence-corrected chi connectivity index (χ2v) is 9.07. The Morgan fingerprint density at radius 2 is 1.88 bits per heavy atom. The van der Waals surface area contributed by atoms with Crippen LogP contribution in [0.3, 0.4) is 0 Å². The molecule has 1 aliphatic carbocycles. The van der Waals surface area contributed by atoms with Gasteiger partial charge in [0.25, 0.3) is 11.8 Å². The smallest absolute Gasteiger partial charge is 0.260 e. The van der Waals surface area contributed by atoms with Crippen LogP contribution in [0.5, 0.6) is 0 Å². The van der Waals surface area contributed by atoms with E-state index in [1.54, 1.807) is 31.2 Å². The zero-order valence-electron chi connectivity index (χ0n) is 17.5. The van der Waals surface area contributed by atoms with Crippen molar-refractivity contribution in [3.05, 3.63) is 57.6 Å². The molecule has 3 amide bonds. The summed E-state index contributed by atoms with van der Waals surface area (Å²) < 4.78 is 0. The first-order valence-corrected chi connectivity index (χ1v) is 11.3. The van der Waals surface area contributed by atoms with E-state index in [2.05, 4.69) is 10.6 Å². The van der Waals surface area contributed by atoms with Gasteiger partial charge >= 0.3 is 0 Å². The first-order valence-electron chi connectivity index (χ1n) is 10.6. The summed E-state index contributed by atoms with van der Waals surface area (Å²) in [6, 6.07) is 8.54. The number of nitrogens with one attached hydrogen (secondary N) is 2. The second-order valence-electron chi connectivity index (χ2n) is 8.22. The molecule has 9 heteroatoms. The van der Waals surface area contributed by atoms with Gasteiger partial charge in [0, 0.05) is 22.7 Å². The molecule has 4 N–H and O–H groups in total. The highest BCUT2D eigenvalue weighted by atomic mass is 35.5. The van der Waals surface area contributed by atoms with Crippen molar-refractivity contribution in [2.45, 2.75) is 50.7 Å². The summed E-state index contributed by atoms with van der Waals surface area (Å²) in [5.41, 5.74) is 7.63. The third-order valence-corrected chi connectivity index (χ3v) is 6.61. The molecule has 3 unspecified atom stereocenters. The van der Waals surface area contributed by atoms with Gasteiger partial charge in [-0.2, -0.15) is 0 Å². The Bertz CT molecular complexity index is 1090. The zero-order valence-corrected chi connectivity index (χ0v) is 19.0. The number of carbonyl (C=O) groups is 3. The number of hydrogen-bond acceptors (Lipinski definition) is 4. The van der Waals surface area contributed by atoms with Crippen molar-refractivity contribution in [1.82, 2.24) is 5.32 Å². The molecule has 1 saturated carbocycles. The molecule has 0 spiro atoms. The standard InChI is InChI=1S/C23H24Cl2N4O3/c1-12-21(30)28-19-10-13(22(31)27-18-5-3-2-4-17(18)26)6-9-20(19)29(12)23(32)15-8-7-14(24)11-16(15)25/h6-12,17-18H,2-5,26H2,1H3,(H,27,31)(H,28,30). The van der Waals surface area contributed by atoms with Crippen molar-refractivity contribution >= 4 is 52.3 Å². The molecule has 3 atom stereocenters. The number of anilines is 2. The zero-order chi connectivity index (χ0) is 23.0.